The molecule has 1 spiro atoms. The molecule has 2 saturated heterocycles. The van der Waals surface area contributed by atoms with Gasteiger partial charge in [-0.2, -0.15) is 0 Å². The van der Waals surface area contributed by atoms with Crippen LogP contribution in [0.15, 0.2) is 48.5 Å². The lowest BCUT2D eigenvalue weighted by Gasteiger charge is -2.44. The number of hydrogen-bond acceptors (Lipinski definition) is 5. The van der Waals surface area contributed by atoms with Gasteiger partial charge < -0.3 is 19.7 Å². The average Bonchev–Trinajstić information content (AvgIpc) is 3.63. The standard InChI is InChI=1S/C26H28FN3O5/c1-34-21-10-4-18(5-11-21)25(33)30-22(23(31)28-20-8-9-20)16-35-26(30)12-14-29(15-13-26)24(32)17-2-6-19(27)7-3-17/h2-7,10-11,20,22H,8-9,12-16H2,1H3,(H,28,31)/t22-/m0/s1. The van der Waals surface area contributed by atoms with Crippen LogP contribution in [0.4, 0.5) is 4.39 Å². The maximum Gasteiger partial charge on any atom is 0.256 e. The van der Waals surface area contributed by atoms with E-state index in [4.69, 9.17) is 9.47 Å². The van der Waals surface area contributed by atoms with Gasteiger partial charge in [0.1, 0.15) is 23.3 Å². The Hall–Kier alpha value is -3.46. The van der Waals surface area contributed by atoms with Crippen LogP contribution in [0, 0.1) is 5.82 Å². The number of nitrogens with zero attached hydrogens (tertiary/aromatic N) is 2. The summed E-state index contributed by atoms with van der Waals surface area (Å²) in [6.45, 7) is 0.797. The molecule has 184 valence electrons. The SMILES string of the molecule is COc1ccc(C(=O)N2[C@H](C(=O)NC3CC3)COC23CCN(C(=O)c2ccc(F)cc2)CC3)cc1. The smallest absolute Gasteiger partial charge is 0.256 e. The molecule has 1 saturated carbocycles. The zero-order valence-electron chi connectivity index (χ0n) is 19.5. The Balaban J connectivity index is 1.37. The number of methoxy groups -OCH3 is 1. The fourth-order valence-electron chi connectivity index (χ4n) is 4.80. The van der Waals surface area contributed by atoms with Gasteiger partial charge in [0.05, 0.1) is 13.7 Å². The van der Waals surface area contributed by atoms with Crippen LogP contribution in [0.5, 0.6) is 5.75 Å². The molecular formula is C26H28FN3O5. The molecule has 35 heavy (non-hydrogen) atoms. The Morgan fingerprint density at radius 1 is 0.971 bits per heavy atom. The normalized spacial score (nSPS) is 21.1. The molecule has 8 nitrogen and oxygen atoms in total. The number of nitrogens with one attached hydrogen (secondary N) is 1. The van der Waals surface area contributed by atoms with Gasteiger partial charge in [0.25, 0.3) is 11.8 Å². The lowest BCUT2D eigenvalue weighted by Crippen LogP contribution is -2.60. The molecule has 3 aliphatic rings. The first-order valence-corrected chi connectivity index (χ1v) is 11.9. The van der Waals surface area contributed by atoms with Gasteiger partial charge >= 0.3 is 0 Å². The van der Waals surface area contributed by atoms with Gasteiger partial charge in [-0.1, -0.05) is 0 Å². The molecule has 0 unspecified atom stereocenters. The molecule has 5 rings (SSSR count). The molecule has 1 aliphatic carbocycles. The Bertz CT molecular complexity index is 1110. The number of carbonyl (C=O) groups excluding carboxylic acids is 3. The molecule has 2 aromatic rings. The summed E-state index contributed by atoms with van der Waals surface area (Å²) in [5.41, 5.74) is -0.144. The second-order valence-corrected chi connectivity index (χ2v) is 9.26. The van der Waals surface area contributed by atoms with Gasteiger partial charge in [-0.15, -0.1) is 0 Å². The summed E-state index contributed by atoms with van der Waals surface area (Å²) in [5, 5.41) is 3.00. The minimum Gasteiger partial charge on any atom is -0.497 e. The summed E-state index contributed by atoms with van der Waals surface area (Å²) >= 11 is 0. The van der Waals surface area contributed by atoms with E-state index in [-0.39, 0.29) is 30.4 Å². The van der Waals surface area contributed by atoms with E-state index in [1.54, 1.807) is 41.2 Å². The molecule has 0 bridgehead atoms. The van der Waals surface area contributed by atoms with Crippen LogP contribution in [0.3, 0.4) is 0 Å². The molecule has 3 amide bonds. The molecule has 1 N–H and O–H groups in total. The second kappa shape index (κ2) is 9.30. The van der Waals surface area contributed by atoms with Crippen LogP contribution >= 0.6 is 0 Å². The van der Waals surface area contributed by atoms with Crippen molar-refractivity contribution in [2.24, 2.45) is 0 Å². The van der Waals surface area contributed by atoms with Crippen LogP contribution < -0.4 is 10.1 Å². The summed E-state index contributed by atoms with van der Waals surface area (Å²) in [5.74, 6) is -0.476. The molecule has 0 radical (unpaired) electrons. The Morgan fingerprint density at radius 3 is 2.17 bits per heavy atom. The van der Waals surface area contributed by atoms with Gasteiger partial charge in [0.15, 0.2) is 0 Å². The fourth-order valence-corrected chi connectivity index (χ4v) is 4.80. The van der Waals surface area contributed by atoms with E-state index in [0.29, 0.717) is 42.8 Å². The van der Waals surface area contributed by atoms with E-state index in [2.05, 4.69) is 5.32 Å². The number of amides is 3. The summed E-state index contributed by atoms with van der Waals surface area (Å²) in [4.78, 5) is 42.9. The van der Waals surface area contributed by atoms with E-state index in [1.165, 1.54) is 24.3 Å². The van der Waals surface area contributed by atoms with Gasteiger partial charge in [-0.05, 0) is 61.4 Å². The third-order valence-corrected chi connectivity index (χ3v) is 6.97. The van der Waals surface area contributed by atoms with Gasteiger partial charge in [0, 0.05) is 43.1 Å². The summed E-state index contributed by atoms with van der Waals surface area (Å²) in [6.07, 6.45) is 2.62. The van der Waals surface area contributed by atoms with E-state index in [0.717, 1.165) is 12.8 Å². The van der Waals surface area contributed by atoms with Crippen molar-refractivity contribution >= 4 is 17.7 Å². The molecular weight excluding hydrogens is 453 g/mol. The van der Waals surface area contributed by atoms with Crippen LogP contribution in [0.2, 0.25) is 0 Å². The third-order valence-electron chi connectivity index (χ3n) is 6.97. The van der Waals surface area contributed by atoms with E-state index in [1.807, 2.05) is 0 Å². The largest absolute Gasteiger partial charge is 0.497 e. The lowest BCUT2D eigenvalue weighted by atomic mass is 9.96. The lowest BCUT2D eigenvalue weighted by molar-refractivity contribution is -0.128. The maximum atomic E-state index is 13.7. The van der Waals surface area contributed by atoms with E-state index in [9.17, 15) is 18.8 Å². The van der Waals surface area contributed by atoms with E-state index < -0.39 is 17.6 Å². The maximum absolute atomic E-state index is 13.7. The van der Waals surface area contributed by atoms with Gasteiger partial charge in [-0.3, -0.25) is 19.3 Å². The van der Waals surface area contributed by atoms with Crippen LogP contribution in [-0.4, -0.2) is 72.1 Å². The van der Waals surface area contributed by atoms with Crippen molar-refractivity contribution in [3.8, 4) is 5.75 Å². The molecule has 9 heteroatoms. The molecule has 0 aromatic heterocycles. The topological polar surface area (TPSA) is 88.2 Å². The molecule has 2 heterocycles. The Morgan fingerprint density at radius 2 is 1.57 bits per heavy atom. The van der Waals surface area contributed by atoms with Crippen molar-refractivity contribution in [3.63, 3.8) is 0 Å². The number of rotatable bonds is 5. The van der Waals surface area contributed by atoms with E-state index >= 15 is 0 Å². The number of ether oxygens (including phenoxy) is 2. The molecule has 2 aliphatic heterocycles. The summed E-state index contributed by atoms with van der Waals surface area (Å²) < 4.78 is 24.7. The summed E-state index contributed by atoms with van der Waals surface area (Å²) in [6, 6.07) is 11.6. The molecule has 2 aromatic carbocycles. The highest BCUT2D eigenvalue weighted by atomic mass is 19.1. The number of benzene rings is 2. The van der Waals surface area contributed by atoms with Crippen molar-refractivity contribution in [3.05, 3.63) is 65.5 Å². The number of halogens is 1. The average molecular weight is 482 g/mol. The van der Waals surface area contributed by atoms with Crippen molar-refractivity contribution in [1.29, 1.82) is 0 Å². The minimum absolute atomic E-state index is 0.104. The zero-order valence-corrected chi connectivity index (χ0v) is 19.5. The quantitative estimate of drug-likeness (QED) is 0.709. The van der Waals surface area contributed by atoms with Gasteiger partial charge in [0.2, 0.25) is 5.91 Å². The first kappa shape index (κ1) is 23.3. The predicted molar refractivity (Wildman–Crippen MR) is 124 cm³/mol. The molecule has 3 fully saturated rings. The highest BCUT2D eigenvalue weighted by Crippen LogP contribution is 2.39. The summed E-state index contributed by atoms with van der Waals surface area (Å²) in [7, 11) is 1.55. The number of likely N-dealkylation sites (tertiary alicyclic amines) is 1. The van der Waals surface area contributed by atoms with Crippen molar-refractivity contribution in [2.75, 3.05) is 26.8 Å². The Labute approximate surface area is 203 Å². The highest BCUT2D eigenvalue weighted by molar-refractivity contribution is 5.99. The van der Waals surface area contributed by atoms with Crippen LogP contribution in [-0.2, 0) is 9.53 Å². The second-order valence-electron chi connectivity index (χ2n) is 9.26. The number of carbonyl (C=O) groups is 3. The fraction of sp³-hybridized carbons (Fsp3) is 0.423. The first-order chi connectivity index (χ1) is 16.9. The number of piperidine rings is 1. The minimum atomic E-state index is -0.984. The molecule has 1 atom stereocenters. The van der Waals surface area contributed by atoms with Crippen LogP contribution in [0.1, 0.15) is 46.4 Å². The van der Waals surface area contributed by atoms with Crippen molar-refractivity contribution < 1.29 is 28.2 Å². The number of hydrogen-bond donors (Lipinski definition) is 1. The first-order valence-electron chi connectivity index (χ1n) is 11.9. The zero-order chi connectivity index (χ0) is 24.6. The van der Waals surface area contributed by atoms with Crippen LogP contribution in [0.25, 0.3) is 0 Å². The van der Waals surface area contributed by atoms with Crippen molar-refractivity contribution in [2.45, 2.75) is 43.5 Å². The Kier molecular flexibility index (Phi) is 6.19. The van der Waals surface area contributed by atoms with Gasteiger partial charge in [-0.25, -0.2) is 4.39 Å². The van der Waals surface area contributed by atoms with Crippen molar-refractivity contribution in [1.82, 2.24) is 15.1 Å². The predicted octanol–water partition coefficient (Wildman–Crippen LogP) is 2.59. The highest BCUT2D eigenvalue weighted by Gasteiger charge is 2.54. The third kappa shape index (κ3) is 4.60. The monoisotopic (exact) mass is 481 g/mol.